The fourth-order valence-corrected chi connectivity index (χ4v) is 1.84. The fourth-order valence-electron chi connectivity index (χ4n) is 1.84. The molecule has 2 N–H and O–H groups in total. The maximum atomic E-state index is 11.0. The van der Waals surface area contributed by atoms with Crippen LogP contribution < -0.4 is 0 Å². The minimum absolute atomic E-state index is 0.113. The second kappa shape index (κ2) is 5.48. The van der Waals surface area contributed by atoms with Crippen LogP contribution in [0.2, 0.25) is 0 Å². The standard InChI is InChI=1S/C13H16O4/c1-3-4-5-9-6-8(2)11(13(16)17)10(7-9)12(14)15/h6-7H,3-5H2,1-2H3,(H,14,15)(H,16,17). The Morgan fingerprint density at radius 2 is 1.82 bits per heavy atom. The number of rotatable bonds is 5. The quantitative estimate of drug-likeness (QED) is 0.824. The second-order valence-corrected chi connectivity index (χ2v) is 4.05. The Balaban J connectivity index is 3.26. The molecule has 1 rings (SSSR count). The van der Waals surface area contributed by atoms with Gasteiger partial charge in [-0.2, -0.15) is 0 Å². The van der Waals surface area contributed by atoms with Crippen molar-refractivity contribution >= 4 is 11.9 Å². The summed E-state index contributed by atoms with van der Waals surface area (Å²) < 4.78 is 0. The molecule has 0 spiro atoms. The van der Waals surface area contributed by atoms with Crippen molar-refractivity contribution in [3.8, 4) is 0 Å². The summed E-state index contributed by atoms with van der Waals surface area (Å²) in [5, 5.41) is 18.0. The highest BCUT2D eigenvalue weighted by Crippen LogP contribution is 2.19. The average Bonchev–Trinajstić information content (AvgIpc) is 2.24. The third-order valence-electron chi connectivity index (χ3n) is 2.66. The van der Waals surface area contributed by atoms with Crippen LogP contribution in [0.3, 0.4) is 0 Å². The van der Waals surface area contributed by atoms with E-state index in [-0.39, 0.29) is 11.1 Å². The summed E-state index contributed by atoms with van der Waals surface area (Å²) in [5.41, 5.74) is 1.15. The van der Waals surface area contributed by atoms with Crippen LogP contribution in [-0.4, -0.2) is 22.2 Å². The molecule has 0 saturated carbocycles. The molecular weight excluding hydrogens is 220 g/mol. The van der Waals surface area contributed by atoms with Crippen molar-refractivity contribution in [2.75, 3.05) is 0 Å². The number of aromatic carboxylic acids is 2. The predicted molar refractivity (Wildman–Crippen MR) is 63.7 cm³/mol. The molecule has 0 atom stereocenters. The van der Waals surface area contributed by atoms with E-state index >= 15 is 0 Å². The zero-order valence-electron chi connectivity index (χ0n) is 9.99. The average molecular weight is 236 g/mol. The maximum Gasteiger partial charge on any atom is 0.336 e. The van der Waals surface area contributed by atoms with Crippen molar-refractivity contribution in [2.45, 2.75) is 33.1 Å². The molecule has 1 aromatic rings. The van der Waals surface area contributed by atoms with Gasteiger partial charge in [0.2, 0.25) is 0 Å². The van der Waals surface area contributed by atoms with Gasteiger partial charge in [0.15, 0.2) is 0 Å². The Labute approximate surface area is 99.9 Å². The summed E-state index contributed by atoms with van der Waals surface area (Å²) in [6.07, 6.45) is 2.75. The number of hydrogen-bond donors (Lipinski definition) is 2. The fraction of sp³-hybridized carbons (Fsp3) is 0.385. The van der Waals surface area contributed by atoms with E-state index in [2.05, 4.69) is 6.92 Å². The van der Waals surface area contributed by atoms with Crippen molar-refractivity contribution in [1.29, 1.82) is 0 Å². The first-order valence-electron chi connectivity index (χ1n) is 5.57. The van der Waals surface area contributed by atoms with E-state index in [0.29, 0.717) is 5.56 Å². The molecule has 0 radical (unpaired) electrons. The molecule has 0 aliphatic rings. The monoisotopic (exact) mass is 236 g/mol. The lowest BCUT2D eigenvalue weighted by Crippen LogP contribution is -2.11. The number of carboxylic acid groups (broad SMARTS) is 2. The lowest BCUT2D eigenvalue weighted by Gasteiger charge is -2.09. The first-order chi connectivity index (χ1) is 7.97. The topological polar surface area (TPSA) is 74.6 Å². The van der Waals surface area contributed by atoms with E-state index < -0.39 is 11.9 Å². The van der Waals surface area contributed by atoms with Crippen molar-refractivity contribution in [1.82, 2.24) is 0 Å². The van der Waals surface area contributed by atoms with Gasteiger partial charge in [0, 0.05) is 0 Å². The summed E-state index contributed by atoms with van der Waals surface area (Å²) in [6.45, 7) is 3.68. The normalized spacial score (nSPS) is 10.2. The number of benzene rings is 1. The van der Waals surface area contributed by atoms with E-state index in [1.807, 2.05) is 0 Å². The number of hydrogen-bond acceptors (Lipinski definition) is 2. The molecule has 0 unspecified atom stereocenters. The summed E-state index contributed by atoms with van der Waals surface area (Å²) in [5.74, 6) is -2.38. The van der Waals surface area contributed by atoms with Crippen molar-refractivity contribution in [3.05, 3.63) is 34.4 Å². The Hall–Kier alpha value is -1.84. The molecule has 0 aromatic heterocycles. The highest BCUT2D eigenvalue weighted by Gasteiger charge is 2.19. The number of aryl methyl sites for hydroxylation is 2. The minimum Gasteiger partial charge on any atom is -0.478 e. The van der Waals surface area contributed by atoms with Crippen LogP contribution in [0.25, 0.3) is 0 Å². The molecule has 17 heavy (non-hydrogen) atoms. The first-order valence-corrected chi connectivity index (χ1v) is 5.57. The van der Waals surface area contributed by atoms with Gasteiger partial charge in [-0.3, -0.25) is 0 Å². The molecule has 0 aliphatic carbocycles. The third kappa shape index (κ3) is 3.06. The molecule has 0 aliphatic heterocycles. The van der Waals surface area contributed by atoms with Crippen molar-refractivity contribution in [3.63, 3.8) is 0 Å². The molecule has 0 bridgehead atoms. The molecule has 0 saturated heterocycles. The van der Waals surface area contributed by atoms with Gasteiger partial charge >= 0.3 is 11.9 Å². The smallest absolute Gasteiger partial charge is 0.336 e. The van der Waals surface area contributed by atoms with Crippen LogP contribution in [0.15, 0.2) is 12.1 Å². The Kier molecular flexibility index (Phi) is 4.26. The van der Waals surface area contributed by atoms with Gasteiger partial charge in [-0.15, -0.1) is 0 Å². The van der Waals surface area contributed by atoms with E-state index in [1.165, 1.54) is 6.07 Å². The predicted octanol–water partition coefficient (Wildman–Crippen LogP) is 2.73. The van der Waals surface area contributed by atoms with Gasteiger partial charge < -0.3 is 10.2 Å². The summed E-state index contributed by atoms with van der Waals surface area (Å²) in [7, 11) is 0. The molecular formula is C13H16O4. The summed E-state index contributed by atoms with van der Waals surface area (Å²) in [6, 6.07) is 3.22. The molecule has 4 heteroatoms. The second-order valence-electron chi connectivity index (χ2n) is 4.05. The number of carboxylic acids is 2. The molecule has 0 fully saturated rings. The Morgan fingerprint density at radius 3 is 2.29 bits per heavy atom. The van der Waals surface area contributed by atoms with Crippen LogP contribution in [-0.2, 0) is 6.42 Å². The SMILES string of the molecule is CCCCc1cc(C)c(C(=O)O)c(C(=O)O)c1. The van der Waals surface area contributed by atoms with Crippen LogP contribution in [0, 0.1) is 6.92 Å². The van der Waals surface area contributed by atoms with Gasteiger partial charge in [-0.05, 0) is 37.0 Å². The molecule has 1 aromatic carbocycles. The number of unbranched alkanes of at least 4 members (excludes halogenated alkanes) is 1. The minimum atomic E-state index is -1.19. The highest BCUT2D eigenvalue weighted by molar-refractivity contribution is 6.02. The molecule has 92 valence electrons. The van der Waals surface area contributed by atoms with E-state index in [9.17, 15) is 9.59 Å². The van der Waals surface area contributed by atoms with E-state index in [1.54, 1.807) is 13.0 Å². The maximum absolute atomic E-state index is 11.0. The third-order valence-corrected chi connectivity index (χ3v) is 2.66. The Morgan fingerprint density at radius 1 is 1.18 bits per heavy atom. The van der Waals surface area contributed by atoms with Gasteiger partial charge in [-0.25, -0.2) is 9.59 Å². The largest absolute Gasteiger partial charge is 0.478 e. The lowest BCUT2D eigenvalue weighted by molar-refractivity contribution is 0.0650. The van der Waals surface area contributed by atoms with Crippen LogP contribution >= 0.6 is 0 Å². The Bertz CT molecular complexity index is 449. The molecule has 0 amide bonds. The van der Waals surface area contributed by atoms with Crippen LogP contribution in [0.1, 0.15) is 51.6 Å². The van der Waals surface area contributed by atoms with Gasteiger partial charge in [-0.1, -0.05) is 19.4 Å². The highest BCUT2D eigenvalue weighted by atomic mass is 16.4. The van der Waals surface area contributed by atoms with Gasteiger partial charge in [0.05, 0.1) is 11.1 Å². The van der Waals surface area contributed by atoms with Crippen LogP contribution in [0.5, 0.6) is 0 Å². The summed E-state index contributed by atoms with van der Waals surface area (Å²) in [4.78, 5) is 22.1. The zero-order valence-corrected chi connectivity index (χ0v) is 9.99. The molecule has 4 nitrogen and oxygen atoms in total. The summed E-state index contributed by atoms with van der Waals surface area (Å²) >= 11 is 0. The van der Waals surface area contributed by atoms with E-state index in [0.717, 1.165) is 24.8 Å². The van der Waals surface area contributed by atoms with Crippen LogP contribution in [0.4, 0.5) is 0 Å². The number of carbonyl (C=O) groups is 2. The van der Waals surface area contributed by atoms with Crippen molar-refractivity contribution < 1.29 is 19.8 Å². The lowest BCUT2D eigenvalue weighted by atomic mass is 9.96. The zero-order chi connectivity index (χ0) is 13.0. The first kappa shape index (κ1) is 13.2. The van der Waals surface area contributed by atoms with E-state index in [4.69, 9.17) is 10.2 Å². The molecule has 0 heterocycles. The van der Waals surface area contributed by atoms with Gasteiger partial charge in [0.25, 0.3) is 0 Å². The van der Waals surface area contributed by atoms with Gasteiger partial charge in [0.1, 0.15) is 0 Å². The van der Waals surface area contributed by atoms with Crippen molar-refractivity contribution in [2.24, 2.45) is 0 Å².